The Hall–Kier alpha value is -0.820. The Labute approximate surface area is 147 Å². The fourth-order valence-electron chi connectivity index (χ4n) is 3.02. The highest BCUT2D eigenvalue weighted by molar-refractivity contribution is 7.90. The van der Waals surface area contributed by atoms with Gasteiger partial charge in [-0.3, -0.25) is 4.99 Å². The minimum Gasteiger partial charge on any atom is -0.373 e. The van der Waals surface area contributed by atoms with E-state index < -0.39 is 9.84 Å². The molecule has 1 atom stereocenters. The van der Waals surface area contributed by atoms with Gasteiger partial charge in [-0.25, -0.2) is 8.42 Å². The van der Waals surface area contributed by atoms with Crippen molar-refractivity contribution in [3.63, 3.8) is 0 Å². The second kappa shape index (κ2) is 10.2. The van der Waals surface area contributed by atoms with Crippen molar-refractivity contribution in [2.24, 2.45) is 4.99 Å². The molecular formula is C17H35N3O3S. The predicted octanol–water partition coefficient (Wildman–Crippen LogP) is 2.10. The molecule has 1 aliphatic carbocycles. The molecule has 1 aliphatic rings. The van der Waals surface area contributed by atoms with E-state index in [9.17, 15) is 8.42 Å². The number of aliphatic imine (C=N–C) groups is 1. The molecule has 0 aromatic carbocycles. The van der Waals surface area contributed by atoms with Crippen LogP contribution in [-0.2, 0) is 14.6 Å². The van der Waals surface area contributed by atoms with Gasteiger partial charge in [0.05, 0.1) is 11.4 Å². The molecule has 0 spiro atoms. The molecule has 0 bridgehead atoms. The van der Waals surface area contributed by atoms with Crippen molar-refractivity contribution < 1.29 is 13.2 Å². The first-order valence-corrected chi connectivity index (χ1v) is 11.1. The van der Waals surface area contributed by atoms with Gasteiger partial charge in [0.2, 0.25) is 0 Å². The van der Waals surface area contributed by atoms with Crippen molar-refractivity contribution in [3.05, 3.63) is 0 Å². The molecule has 7 heteroatoms. The third kappa shape index (κ3) is 8.33. The highest BCUT2D eigenvalue weighted by atomic mass is 32.2. The maximum Gasteiger partial charge on any atom is 0.191 e. The summed E-state index contributed by atoms with van der Waals surface area (Å²) in [5.74, 6) is 0.892. The van der Waals surface area contributed by atoms with E-state index in [1.807, 2.05) is 6.92 Å². The minimum atomic E-state index is -2.93. The van der Waals surface area contributed by atoms with Crippen LogP contribution in [0.3, 0.4) is 0 Å². The average Bonchev–Trinajstić information content (AvgIpc) is 2.55. The van der Waals surface area contributed by atoms with Gasteiger partial charge in [0, 0.05) is 32.5 Å². The molecule has 0 amide bonds. The Morgan fingerprint density at radius 1 is 1.29 bits per heavy atom. The highest BCUT2D eigenvalue weighted by Crippen LogP contribution is 2.31. The van der Waals surface area contributed by atoms with Gasteiger partial charge in [-0.15, -0.1) is 0 Å². The lowest BCUT2D eigenvalue weighted by Crippen LogP contribution is -2.51. The zero-order chi connectivity index (χ0) is 18.1. The van der Waals surface area contributed by atoms with E-state index in [1.165, 1.54) is 25.5 Å². The second-order valence-electron chi connectivity index (χ2n) is 6.98. The summed E-state index contributed by atoms with van der Waals surface area (Å²) in [7, 11) is -1.20. The number of nitrogens with one attached hydrogen (secondary N) is 2. The molecule has 1 rings (SSSR count). The number of sulfone groups is 1. The number of hydrogen-bond acceptors (Lipinski definition) is 4. The van der Waals surface area contributed by atoms with Gasteiger partial charge in [-0.2, -0.15) is 0 Å². The quantitative estimate of drug-likeness (QED) is 0.486. The molecule has 0 aromatic heterocycles. The van der Waals surface area contributed by atoms with Crippen LogP contribution < -0.4 is 10.6 Å². The zero-order valence-corrected chi connectivity index (χ0v) is 16.5. The lowest BCUT2D eigenvalue weighted by Gasteiger charge is -2.38. The van der Waals surface area contributed by atoms with Gasteiger partial charge >= 0.3 is 0 Å². The third-order valence-electron chi connectivity index (χ3n) is 4.48. The van der Waals surface area contributed by atoms with Crippen LogP contribution in [0.2, 0.25) is 0 Å². The topological polar surface area (TPSA) is 79.8 Å². The van der Waals surface area contributed by atoms with Gasteiger partial charge in [-0.05, 0) is 32.6 Å². The molecule has 0 aliphatic heterocycles. The number of hydrogen-bond donors (Lipinski definition) is 2. The van der Waals surface area contributed by atoms with E-state index in [-0.39, 0.29) is 17.4 Å². The van der Waals surface area contributed by atoms with Crippen molar-refractivity contribution in [1.29, 1.82) is 0 Å². The Balaban J connectivity index is 2.51. The summed E-state index contributed by atoms with van der Waals surface area (Å²) < 4.78 is 28.7. The molecule has 6 nitrogen and oxygen atoms in total. The van der Waals surface area contributed by atoms with Crippen LogP contribution in [0.1, 0.15) is 58.8 Å². The van der Waals surface area contributed by atoms with Crippen molar-refractivity contribution in [1.82, 2.24) is 10.6 Å². The largest absolute Gasteiger partial charge is 0.373 e. The van der Waals surface area contributed by atoms with Gasteiger partial charge in [0.15, 0.2) is 5.96 Å². The fraction of sp³-hybridized carbons (Fsp3) is 0.941. The molecule has 24 heavy (non-hydrogen) atoms. The molecule has 1 fully saturated rings. The number of rotatable bonds is 9. The van der Waals surface area contributed by atoms with Gasteiger partial charge in [0.25, 0.3) is 0 Å². The Morgan fingerprint density at radius 3 is 2.50 bits per heavy atom. The summed E-state index contributed by atoms with van der Waals surface area (Å²) in [5.41, 5.74) is -0.0954. The van der Waals surface area contributed by atoms with E-state index in [0.29, 0.717) is 12.4 Å². The van der Waals surface area contributed by atoms with Crippen molar-refractivity contribution in [2.45, 2.75) is 70.4 Å². The molecule has 142 valence electrons. The summed E-state index contributed by atoms with van der Waals surface area (Å²) in [6.45, 7) is 5.64. The van der Waals surface area contributed by atoms with Crippen LogP contribution in [0.4, 0.5) is 0 Å². The fourth-order valence-corrected chi connectivity index (χ4v) is 3.80. The van der Waals surface area contributed by atoms with Crippen molar-refractivity contribution in [2.75, 3.05) is 32.2 Å². The number of guanidine groups is 1. The van der Waals surface area contributed by atoms with Crippen LogP contribution in [0.25, 0.3) is 0 Å². The molecule has 2 N–H and O–H groups in total. The Kier molecular flexibility index (Phi) is 9.05. The smallest absolute Gasteiger partial charge is 0.191 e. The molecule has 0 radical (unpaired) electrons. The first kappa shape index (κ1) is 21.2. The van der Waals surface area contributed by atoms with Crippen LogP contribution in [-0.4, -0.2) is 58.2 Å². The van der Waals surface area contributed by atoms with E-state index in [1.54, 1.807) is 7.05 Å². The molecule has 1 unspecified atom stereocenters. The molecule has 0 aromatic rings. The molecular weight excluding hydrogens is 326 g/mol. The Bertz CT molecular complexity index is 485. The van der Waals surface area contributed by atoms with Crippen molar-refractivity contribution >= 4 is 15.8 Å². The van der Waals surface area contributed by atoms with E-state index >= 15 is 0 Å². The van der Waals surface area contributed by atoms with Crippen LogP contribution in [0, 0.1) is 0 Å². The van der Waals surface area contributed by atoms with Crippen LogP contribution in [0.15, 0.2) is 4.99 Å². The number of ether oxygens (including phenoxy) is 1. The first-order chi connectivity index (χ1) is 11.3. The summed E-state index contributed by atoms with van der Waals surface area (Å²) >= 11 is 0. The first-order valence-electron chi connectivity index (χ1n) is 9.09. The highest BCUT2D eigenvalue weighted by Gasteiger charge is 2.33. The summed E-state index contributed by atoms with van der Waals surface area (Å²) in [6.07, 6.45) is 8.73. The molecule has 1 saturated carbocycles. The lowest BCUT2D eigenvalue weighted by atomic mass is 9.84. The maximum absolute atomic E-state index is 11.3. The van der Waals surface area contributed by atoms with Crippen molar-refractivity contribution in [3.8, 4) is 0 Å². The van der Waals surface area contributed by atoms with Gasteiger partial charge in [0.1, 0.15) is 9.84 Å². The van der Waals surface area contributed by atoms with E-state index in [4.69, 9.17) is 4.74 Å². The SMILES string of the molecule is CCCOC1(CNC(=NC)NC(C)CCS(C)(=O)=O)CCCCC1. The summed E-state index contributed by atoms with van der Waals surface area (Å²) in [6, 6.07) is 0.0461. The standard InChI is InChI=1S/C17H35N3O3S/c1-5-12-23-17(10-7-6-8-11-17)14-19-16(18-3)20-15(2)9-13-24(4,21)22/h15H,5-14H2,1-4H3,(H2,18,19,20). The zero-order valence-electron chi connectivity index (χ0n) is 15.7. The second-order valence-corrected chi connectivity index (χ2v) is 9.24. The number of nitrogens with zero attached hydrogens (tertiary/aromatic N) is 1. The van der Waals surface area contributed by atoms with E-state index in [2.05, 4.69) is 22.5 Å². The predicted molar refractivity (Wildman–Crippen MR) is 100 cm³/mol. The average molecular weight is 362 g/mol. The van der Waals surface area contributed by atoms with Crippen LogP contribution >= 0.6 is 0 Å². The maximum atomic E-state index is 11.3. The van der Waals surface area contributed by atoms with Gasteiger partial charge in [-0.1, -0.05) is 26.2 Å². The third-order valence-corrected chi connectivity index (χ3v) is 5.46. The normalized spacial score (nSPS) is 19.8. The lowest BCUT2D eigenvalue weighted by molar-refractivity contribution is -0.0657. The monoisotopic (exact) mass is 361 g/mol. The summed E-state index contributed by atoms with van der Waals surface area (Å²) in [4.78, 5) is 4.26. The molecule has 0 heterocycles. The van der Waals surface area contributed by atoms with E-state index in [0.717, 1.165) is 32.4 Å². The Morgan fingerprint density at radius 2 is 1.96 bits per heavy atom. The van der Waals surface area contributed by atoms with Crippen LogP contribution in [0.5, 0.6) is 0 Å². The minimum absolute atomic E-state index is 0.0461. The summed E-state index contributed by atoms with van der Waals surface area (Å²) in [5, 5.41) is 6.65. The molecule has 0 saturated heterocycles. The van der Waals surface area contributed by atoms with Gasteiger partial charge < -0.3 is 15.4 Å².